The van der Waals surface area contributed by atoms with Gasteiger partial charge in [0.05, 0.1) is 17.0 Å². The maximum absolute atomic E-state index is 11.8. The number of carbonyl (C=O) groups is 1. The highest BCUT2D eigenvalue weighted by Gasteiger charge is 2.33. The molecule has 1 fully saturated rings. The van der Waals surface area contributed by atoms with Crippen molar-refractivity contribution < 1.29 is 4.79 Å². The first-order valence-electron chi connectivity index (χ1n) is 6.63. The Hall–Kier alpha value is -2.04. The van der Waals surface area contributed by atoms with Crippen molar-refractivity contribution in [1.82, 2.24) is 20.2 Å². The molecule has 5 heteroatoms. The monoisotopic (exact) mass is 258 g/mol. The molecule has 2 N–H and O–H groups in total. The zero-order valence-electron chi connectivity index (χ0n) is 11.2. The molecule has 2 amide bonds. The zero-order valence-corrected chi connectivity index (χ0v) is 11.2. The Bertz CT molecular complexity index is 565. The lowest BCUT2D eigenvalue weighted by Gasteiger charge is -2.38. The van der Waals surface area contributed by atoms with Gasteiger partial charge in [0, 0.05) is 19.1 Å². The summed E-state index contributed by atoms with van der Waals surface area (Å²) < 4.78 is 0. The number of aromatic amines is 1. The number of nitrogens with zero attached hydrogens (tertiary/aromatic N) is 2. The molecule has 0 unspecified atom stereocenters. The van der Waals surface area contributed by atoms with E-state index in [4.69, 9.17) is 0 Å². The minimum Gasteiger partial charge on any atom is -0.342 e. The van der Waals surface area contributed by atoms with Crippen LogP contribution in [0.3, 0.4) is 0 Å². The Balaban J connectivity index is 1.65. The SMILES string of the molecule is CC(C)NC(=O)N1CC(c2nc3ccccc3[nH]2)C1. The normalized spacial score (nSPS) is 15.8. The van der Waals surface area contributed by atoms with Gasteiger partial charge in [-0.2, -0.15) is 0 Å². The largest absolute Gasteiger partial charge is 0.342 e. The van der Waals surface area contributed by atoms with E-state index in [1.54, 1.807) is 0 Å². The Morgan fingerprint density at radius 3 is 2.84 bits per heavy atom. The fourth-order valence-electron chi connectivity index (χ4n) is 2.32. The van der Waals surface area contributed by atoms with Gasteiger partial charge in [-0.3, -0.25) is 0 Å². The minimum absolute atomic E-state index is 0.0161. The maximum Gasteiger partial charge on any atom is 0.317 e. The van der Waals surface area contributed by atoms with Crippen LogP contribution in [0.2, 0.25) is 0 Å². The van der Waals surface area contributed by atoms with Gasteiger partial charge in [0.1, 0.15) is 5.82 Å². The fraction of sp³-hybridized carbons (Fsp3) is 0.429. The number of urea groups is 1. The minimum atomic E-state index is 0.0161. The third-order valence-corrected chi connectivity index (χ3v) is 3.38. The number of hydrogen-bond acceptors (Lipinski definition) is 2. The molecule has 2 aromatic rings. The standard InChI is InChI=1S/C14H18N4O/c1-9(2)15-14(19)18-7-10(8-18)13-16-11-5-3-4-6-12(11)17-13/h3-6,9-10H,7-8H2,1-2H3,(H,15,19)(H,16,17). The number of fused-ring (bicyclic) bond motifs is 1. The molecule has 1 aliphatic heterocycles. The molecule has 0 spiro atoms. The molecule has 0 bridgehead atoms. The summed E-state index contributed by atoms with van der Waals surface area (Å²) >= 11 is 0. The van der Waals surface area contributed by atoms with E-state index < -0.39 is 0 Å². The van der Waals surface area contributed by atoms with E-state index in [0.717, 1.165) is 29.9 Å². The summed E-state index contributed by atoms with van der Waals surface area (Å²) in [6, 6.07) is 8.19. The van der Waals surface area contributed by atoms with E-state index in [0.29, 0.717) is 5.92 Å². The van der Waals surface area contributed by atoms with Crippen molar-refractivity contribution in [2.75, 3.05) is 13.1 Å². The van der Waals surface area contributed by atoms with Crippen molar-refractivity contribution in [2.45, 2.75) is 25.8 Å². The first-order chi connectivity index (χ1) is 9.13. The molecule has 0 radical (unpaired) electrons. The van der Waals surface area contributed by atoms with Crippen LogP contribution in [0.4, 0.5) is 4.79 Å². The van der Waals surface area contributed by atoms with Crippen LogP contribution >= 0.6 is 0 Å². The number of hydrogen-bond donors (Lipinski definition) is 2. The van der Waals surface area contributed by atoms with Gasteiger partial charge in [0.25, 0.3) is 0 Å². The smallest absolute Gasteiger partial charge is 0.317 e. The van der Waals surface area contributed by atoms with Gasteiger partial charge in [-0.05, 0) is 26.0 Å². The second-order valence-electron chi connectivity index (χ2n) is 5.35. The maximum atomic E-state index is 11.8. The summed E-state index contributed by atoms with van der Waals surface area (Å²) in [6.07, 6.45) is 0. The number of nitrogens with one attached hydrogen (secondary N) is 2. The van der Waals surface area contributed by atoms with E-state index in [2.05, 4.69) is 15.3 Å². The summed E-state index contributed by atoms with van der Waals surface area (Å²) in [5, 5.41) is 2.90. The zero-order chi connectivity index (χ0) is 13.4. The molecular formula is C14H18N4O. The van der Waals surface area contributed by atoms with Gasteiger partial charge in [-0.1, -0.05) is 12.1 Å². The summed E-state index contributed by atoms with van der Waals surface area (Å²) in [5.74, 6) is 1.31. The van der Waals surface area contributed by atoms with Crippen molar-refractivity contribution >= 4 is 17.1 Å². The highest BCUT2D eigenvalue weighted by Crippen LogP contribution is 2.26. The van der Waals surface area contributed by atoms with Crippen LogP contribution in [0, 0.1) is 0 Å². The average Bonchev–Trinajstić information content (AvgIpc) is 2.68. The van der Waals surface area contributed by atoms with Gasteiger partial charge in [-0.15, -0.1) is 0 Å². The highest BCUT2D eigenvalue weighted by molar-refractivity contribution is 5.76. The van der Waals surface area contributed by atoms with Gasteiger partial charge < -0.3 is 15.2 Å². The number of H-pyrrole nitrogens is 1. The van der Waals surface area contributed by atoms with Gasteiger partial charge in [0.15, 0.2) is 0 Å². The molecule has 0 atom stereocenters. The number of benzene rings is 1. The molecule has 19 heavy (non-hydrogen) atoms. The van der Waals surface area contributed by atoms with E-state index in [9.17, 15) is 4.79 Å². The quantitative estimate of drug-likeness (QED) is 0.866. The lowest BCUT2D eigenvalue weighted by atomic mass is 10.0. The Kier molecular flexibility index (Phi) is 2.89. The molecular weight excluding hydrogens is 240 g/mol. The van der Waals surface area contributed by atoms with Crippen LogP contribution < -0.4 is 5.32 Å². The van der Waals surface area contributed by atoms with E-state index in [-0.39, 0.29) is 12.1 Å². The van der Waals surface area contributed by atoms with Crippen molar-refractivity contribution in [1.29, 1.82) is 0 Å². The number of aromatic nitrogens is 2. The number of imidazole rings is 1. The molecule has 100 valence electrons. The third-order valence-electron chi connectivity index (χ3n) is 3.38. The molecule has 3 rings (SSSR count). The topological polar surface area (TPSA) is 61.0 Å². The second-order valence-corrected chi connectivity index (χ2v) is 5.35. The van der Waals surface area contributed by atoms with Crippen molar-refractivity contribution in [3.63, 3.8) is 0 Å². The van der Waals surface area contributed by atoms with Crippen LogP contribution in [-0.2, 0) is 0 Å². The molecule has 1 aromatic carbocycles. The lowest BCUT2D eigenvalue weighted by Crippen LogP contribution is -2.54. The third kappa shape index (κ3) is 2.28. The number of carbonyl (C=O) groups excluding carboxylic acids is 1. The van der Waals surface area contributed by atoms with Crippen LogP contribution in [0.5, 0.6) is 0 Å². The van der Waals surface area contributed by atoms with Crippen molar-refractivity contribution in [3.8, 4) is 0 Å². The number of para-hydroxylation sites is 2. The first kappa shape index (κ1) is 12.0. The molecule has 0 aliphatic carbocycles. The first-order valence-corrected chi connectivity index (χ1v) is 6.63. The van der Waals surface area contributed by atoms with E-state index >= 15 is 0 Å². The van der Waals surface area contributed by atoms with Crippen LogP contribution in [0.25, 0.3) is 11.0 Å². The molecule has 1 aliphatic rings. The van der Waals surface area contributed by atoms with Crippen LogP contribution in [-0.4, -0.2) is 40.0 Å². The fourth-order valence-corrected chi connectivity index (χ4v) is 2.32. The summed E-state index contributed by atoms with van der Waals surface area (Å²) in [5.41, 5.74) is 2.05. The second kappa shape index (κ2) is 4.57. The van der Waals surface area contributed by atoms with Crippen molar-refractivity contribution in [2.24, 2.45) is 0 Å². The predicted molar refractivity (Wildman–Crippen MR) is 74.1 cm³/mol. The highest BCUT2D eigenvalue weighted by atomic mass is 16.2. The Morgan fingerprint density at radius 2 is 2.16 bits per heavy atom. The molecule has 2 heterocycles. The lowest BCUT2D eigenvalue weighted by molar-refractivity contribution is 0.147. The van der Waals surface area contributed by atoms with Gasteiger partial charge in [0.2, 0.25) is 0 Å². The van der Waals surface area contributed by atoms with Crippen LogP contribution in [0.15, 0.2) is 24.3 Å². The van der Waals surface area contributed by atoms with E-state index in [1.807, 2.05) is 43.0 Å². The molecule has 1 saturated heterocycles. The predicted octanol–water partition coefficient (Wildman–Crippen LogP) is 2.08. The number of amides is 2. The molecule has 5 nitrogen and oxygen atoms in total. The summed E-state index contributed by atoms with van der Waals surface area (Å²) in [7, 11) is 0. The van der Waals surface area contributed by atoms with Crippen molar-refractivity contribution in [3.05, 3.63) is 30.1 Å². The molecule has 0 saturated carbocycles. The summed E-state index contributed by atoms with van der Waals surface area (Å²) in [6.45, 7) is 5.40. The average molecular weight is 258 g/mol. The number of likely N-dealkylation sites (tertiary alicyclic amines) is 1. The number of rotatable bonds is 2. The Labute approximate surface area is 112 Å². The van der Waals surface area contributed by atoms with Crippen LogP contribution in [0.1, 0.15) is 25.6 Å². The summed E-state index contributed by atoms with van der Waals surface area (Å²) in [4.78, 5) is 21.5. The van der Waals surface area contributed by atoms with Gasteiger partial charge in [-0.25, -0.2) is 9.78 Å². The van der Waals surface area contributed by atoms with E-state index in [1.165, 1.54) is 0 Å². The van der Waals surface area contributed by atoms with Gasteiger partial charge >= 0.3 is 6.03 Å². The molecule has 1 aromatic heterocycles. The Morgan fingerprint density at radius 1 is 1.42 bits per heavy atom.